The van der Waals surface area contributed by atoms with Gasteiger partial charge in [-0.3, -0.25) is 14.4 Å². The van der Waals surface area contributed by atoms with Gasteiger partial charge in [-0.1, -0.05) is 31.4 Å². The summed E-state index contributed by atoms with van der Waals surface area (Å²) in [5, 5.41) is 0. The van der Waals surface area contributed by atoms with Crippen molar-refractivity contribution >= 4 is 34.5 Å². The highest BCUT2D eigenvalue weighted by Crippen LogP contribution is 2.32. The Kier molecular flexibility index (Phi) is 7.34. The Labute approximate surface area is 215 Å². The van der Waals surface area contributed by atoms with E-state index < -0.39 is 18.2 Å². The SMILES string of the molecule is COC(CN(C(=O)C1CCCCC1)C1CC(=O)N(c2ccc(-c3nc4ccccc4o3)cc2)C1=O)OC. The molecule has 0 N–H and O–H groups in total. The van der Waals surface area contributed by atoms with Gasteiger partial charge in [0.05, 0.1) is 18.7 Å². The van der Waals surface area contributed by atoms with Gasteiger partial charge in [0.1, 0.15) is 11.6 Å². The largest absolute Gasteiger partial charge is 0.436 e. The second-order valence-corrected chi connectivity index (χ2v) is 9.55. The lowest BCUT2D eigenvalue weighted by molar-refractivity contribution is -0.156. The molecule has 0 spiro atoms. The highest BCUT2D eigenvalue weighted by atomic mass is 16.7. The predicted octanol–water partition coefficient (Wildman–Crippen LogP) is 4.15. The molecule has 5 rings (SSSR count). The van der Waals surface area contributed by atoms with Crippen LogP contribution in [0.25, 0.3) is 22.6 Å². The van der Waals surface area contributed by atoms with E-state index in [1.807, 2.05) is 24.3 Å². The summed E-state index contributed by atoms with van der Waals surface area (Å²) in [6.07, 6.45) is 3.88. The van der Waals surface area contributed by atoms with Gasteiger partial charge in [0.15, 0.2) is 11.9 Å². The second-order valence-electron chi connectivity index (χ2n) is 9.55. The highest BCUT2D eigenvalue weighted by Gasteiger charge is 2.46. The Balaban J connectivity index is 1.38. The summed E-state index contributed by atoms with van der Waals surface area (Å²) in [6.45, 7) is 0.0799. The van der Waals surface area contributed by atoms with Crippen molar-refractivity contribution in [2.45, 2.75) is 50.9 Å². The molecule has 3 aromatic rings. The Hall–Kier alpha value is -3.56. The van der Waals surface area contributed by atoms with Crippen LogP contribution < -0.4 is 4.90 Å². The molecule has 3 amide bonds. The van der Waals surface area contributed by atoms with Gasteiger partial charge in [0, 0.05) is 25.7 Å². The van der Waals surface area contributed by atoms with E-state index >= 15 is 0 Å². The van der Waals surface area contributed by atoms with Gasteiger partial charge in [0.2, 0.25) is 17.7 Å². The predicted molar refractivity (Wildman–Crippen MR) is 136 cm³/mol. The van der Waals surface area contributed by atoms with Crippen LogP contribution in [0, 0.1) is 5.92 Å². The van der Waals surface area contributed by atoms with Crippen molar-refractivity contribution in [3.05, 3.63) is 48.5 Å². The number of nitrogens with zero attached hydrogens (tertiary/aromatic N) is 3. The van der Waals surface area contributed by atoms with Crippen molar-refractivity contribution in [1.82, 2.24) is 9.88 Å². The molecule has 9 heteroatoms. The van der Waals surface area contributed by atoms with Gasteiger partial charge in [-0.25, -0.2) is 9.88 Å². The lowest BCUT2D eigenvalue weighted by atomic mass is 9.88. The highest BCUT2D eigenvalue weighted by molar-refractivity contribution is 6.23. The Morgan fingerprint density at radius 1 is 1.05 bits per heavy atom. The summed E-state index contributed by atoms with van der Waals surface area (Å²) in [6, 6.07) is 13.5. The van der Waals surface area contributed by atoms with E-state index in [1.165, 1.54) is 19.1 Å². The molecule has 0 radical (unpaired) electrons. The number of carbonyl (C=O) groups excluding carboxylic acids is 3. The second kappa shape index (κ2) is 10.8. The van der Waals surface area contributed by atoms with E-state index in [2.05, 4.69) is 4.98 Å². The normalized spacial score (nSPS) is 18.8. The number of amides is 3. The van der Waals surface area contributed by atoms with E-state index in [0.717, 1.165) is 48.1 Å². The van der Waals surface area contributed by atoms with Crippen molar-refractivity contribution in [2.75, 3.05) is 25.7 Å². The van der Waals surface area contributed by atoms with E-state index in [0.29, 0.717) is 17.2 Å². The summed E-state index contributed by atoms with van der Waals surface area (Å²) < 4.78 is 16.5. The summed E-state index contributed by atoms with van der Waals surface area (Å²) >= 11 is 0. The maximum absolute atomic E-state index is 13.6. The summed E-state index contributed by atoms with van der Waals surface area (Å²) in [5.74, 6) is -0.583. The molecule has 1 aliphatic carbocycles. The number of hydrogen-bond acceptors (Lipinski definition) is 7. The Bertz CT molecular complexity index is 1240. The topological polar surface area (TPSA) is 102 Å². The quantitative estimate of drug-likeness (QED) is 0.335. The third kappa shape index (κ3) is 5.01. The van der Waals surface area contributed by atoms with Crippen LogP contribution in [0.15, 0.2) is 52.9 Å². The number of carbonyl (C=O) groups is 3. The first-order chi connectivity index (χ1) is 18.0. The third-order valence-electron chi connectivity index (χ3n) is 7.27. The summed E-state index contributed by atoms with van der Waals surface area (Å²) in [7, 11) is 2.98. The molecule has 1 unspecified atom stereocenters. The van der Waals surface area contributed by atoms with Crippen LogP contribution in [0.2, 0.25) is 0 Å². The standard InChI is InChI=1S/C28H31N3O6/c1-35-25(36-2)17-30(27(33)19-8-4-3-5-9-19)22-16-24(32)31(28(22)34)20-14-12-18(13-15-20)26-29-21-10-6-7-11-23(21)37-26/h6-7,10-15,19,22,25H,3-5,8-9,16-17H2,1-2H3. The van der Waals surface area contributed by atoms with E-state index in [4.69, 9.17) is 13.9 Å². The molecule has 1 saturated carbocycles. The van der Waals surface area contributed by atoms with E-state index in [9.17, 15) is 14.4 Å². The number of rotatable bonds is 8. The summed E-state index contributed by atoms with van der Waals surface area (Å²) in [4.78, 5) is 47.3. The van der Waals surface area contributed by atoms with Crippen LogP contribution in [-0.2, 0) is 23.9 Å². The molecule has 37 heavy (non-hydrogen) atoms. The minimum absolute atomic E-state index is 0.0790. The molecule has 1 aromatic heterocycles. The molecule has 2 aromatic carbocycles. The Morgan fingerprint density at radius 3 is 2.43 bits per heavy atom. The number of para-hydroxylation sites is 2. The number of aromatic nitrogens is 1. The monoisotopic (exact) mass is 505 g/mol. The van der Waals surface area contributed by atoms with Crippen molar-refractivity contribution in [3.8, 4) is 11.5 Å². The molecule has 1 atom stereocenters. The van der Waals surface area contributed by atoms with Crippen LogP contribution in [0.3, 0.4) is 0 Å². The minimum atomic E-state index is -0.897. The van der Waals surface area contributed by atoms with Gasteiger partial charge >= 0.3 is 0 Å². The van der Waals surface area contributed by atoms with E-state index in [1.54, 1.807) is 24.3 Å². The van der Waals surface area contributed by atoms with Crippen LogP contribution in [0.5, 0.6) is 0 Å². The number of benzene rings is 2. The first kappa shape index (κ1) is 25.1. The average Bonchev–Trinajstić information content (AvgIpc) is 3.50. The van der Waals surface area contributed by atoms with Crippen molar-refractivity contribution < 1.29 is 28.3 Å². The van der Waals surface area contributed by atoms with Gasteiger partial charge in [0.25, 0.3) is 5.91 Å². The lowest BCUT2D eigenvalue weighted by Gasteiger charge is -2.34. The van der Waals surface area contributed by atoms with Gasteiger partial charge in [-0.05, 0) is 49.2 Å². The molecule has 0 bridgehead atoms. The van der Waals surface area contributed by atoms with Crippen LogP contribution >= 0.6 is 0 Å². The molecule has 194 valence electrons. The number of hydrogen-bond donors (Lipinski definition) is 0. The fraction of sp³-hybridized carbons (Fsp3) is 0.429. The van der Waals surface area contributed by atoms with Gasteiger partial charge in [-0.2, -0.15) is 0 Å². The summed E-state index contributed by atoms with van der Waals surface area (Å²) in [5.41, 5.74) is 2.61. The fourth-order valence-electron chi connectivity index (χ4n) is 5.24. The first-order valence-electron chi connectivity index (χ1n) is 12.7. The van der Waals surface area contributed by atoms with Crippen molar-refractivity contribution in [3.63, 3.8) is 0 Å². The average molecular weight is 506 g/mol. The smallest absolute Gasteiger partial charge is 0.257 e. The molecule has 2 fully saturated rings. The third-order valence-corrected chi connectivity index (χ3v) is 7.27. The van der Waals surface area contributed by atoms with Crippen LogP contribution in [-0.4, -0.2) is 60.7 Å². The lowest BCUT2D eigenvalue weighted by Crippen LogP contribution is -2.51. The maximum Gasteiger partial charge on any atom is 0.257 e. The van der Waals surface area contributed by atoms with E-state index in [-0.39, 0.29) is 30.7 Å². The zero-order valence-corrected chi connectivity index (χ0v) is 21.1. The van der Waals surface area contributed by atoms with Crippen molar-refractivity contribution in [1.29, 1.82) is 0 Å². The number of methoxy groups -OCH3 is 2. The van der Waals surface area contributed by atoms with Crippen LogP contribution in [0.4, 0.5) is 5.69 Å². The minimum Gasteiger partial charge on any atom is -0.436 e. The van der Waals surface area contributed by atoms with Crippen LogP contribution in [0.1, 0.15) is 38.5 Å². The maximum atomic E-state index is 13.6. The Morgan fingerprint density at radius 2 is 1.76 bits per heavy atom. The number of anilines is 1. The molecule has 1 saturated heterocycles. The van der Waals surface area contributed by atoms with Gasteiger partial charge < -0.3 is 18.8 Å². The fourth-order valence-corrected chi connectivity index (χ4v) is 5.24. The molecular formula is C28H31N3O6. The number of oxazole rings is 1. The first-order valence-corrected chi connectivity index (χ1v) is 12.7. The van der Waals surface area contributed by atoms with Gasteiger partial charge in [-0.15, -0.1) is 0 Å². The molecule has 9 nitrogen and oxygen atoms in total. The molecule has 2 aliphatic rings. The number of imide groups is 1. The molecular weight excluding hydrogens is 474 g/mol. The molecule has 2 heterocycles. The number of ether oxygens (including phenoxy) is 2. The zero-order chi connectivity index (χ0) is 25.9. The molecule has 1 aliphatic heterocycles. The number of fused-ring (bicyclic) bond motifs is 1. The zero-order valence-electron chi connectivity index (χ0n) is 21.1. The van der Waals surface area contributed by atoms with Crippen molar-refractivity contribution in [2.24, 2.45) is 5.92 Å².